The normalized spacial score (nSPS) is 12.6. The third-order valence-corrected chi connectivity index (χ3v) is 4.12. The molecule has 1 aromatic rings. The van der Waals surface area contributed by atoms with E-state index in [-0.39, 0.29) is 12.8 Å². The van der Waals surface area contributed by atoms with Crippen LogP contribution in [0.2, 0.25) is 0 Å². The average molecular weight is 409 g/mol. The first-order valence-corrected chi connectivity index (χ1v) is 9.28. The standard InChI is InChI=1S/C19H27N3O7/c23-16(24)10-9-15(18(27)28)22-19(29)21-14(17(25)26)8-4-5-11-20-12-13-6-2-1-3-7-13/h1-3,6-7,14-15,20H,4-5,8-12H2,(H,23,24)(H,25,26)(H,27,28)(H2,21,22,29)/t14-,15-/m0/s1. The molecule has 0 fully saturated rings. The van der Waals surface area contributed by atoms with Crippen molar-refractivity contribution in [2.45, 2.75) is 50.7 Å². The van der Waals surface area contributed by atoms with Gasteiger partial charge in [0, 0.05) is 13.0 Å². The topological polar surface area (TPSA) is 165 Å². The van der Waals surface area contributed by atoms with Crippen molar-refractivity contribution in [3.8, 4) is 0 Å². The Hall–Kier alpha value is -3.14. The fourth-order valence-electron chi connectivity index (χ4n) is 2.57. The predicted molar refractivity (Wildman–Crippen MR) is 103 cm³/mol. The van der Waals surface area contributed by atoms with Crippen LogP contribution in [-0.2, 0) is 20.9 Å². The van der Waals surface area contributed by atoms with Crippen LogP contribution in [0.4, 0.5) is 4.79 Å². The summed E-state index contributed by atoms with van der Waals surface area (Å²) in [7, 11) is 0. The number of benzene rings is 1. The van der Waals surface area contributed by atoms with E-state index >= 15 is 0 Å². The minimum absolute atomic E-state index is 0.183. The fourth-order valence-corrected chi connectivity index (χ4v) is 2.57. The third kappa shape index (κ3) is 10.7. The number of urea groups is 1. The number of carboxylic acids is 3. The number of rotatable bonds is 14. The van der Waals surface area contributed by atoms with E-state index in [0.717, 1.165) is 5.56 Å². The van der Waals surface area contributed by atoms with E-state index in [1.165, 1.54) is 0 Å². The zero-order chi connectivity index (χ0) is 21.6. The smallest absolute Gasteiger partial charge is 0.326 e. The molecule has 2 atom stereocenters. The maximum atomic E-state index is 11.9. The largest absolute Gasteiger partial charge is 0.481 e. The van der Waals surface area contributed by atoms with Gasteiger partial charge in [-0.3, -0.25) is 4.79 Å². The van der Waals surface area contributed by atoms with Gasteiger partial charge >= 0.3 is 23.9 Å². The molecule has 0 saturated carbocycles. The van der Waals surface area contributed by atoms with Gasteiger partial charge in [-0.1, -0.05) is 30.3 Å². The lowest BCUT2D eigenvalue weighted by atomic mass is 10.1. The van der Waals surface area contributed by atoms with E-state index in [1.807, 2.05) is 30.3 Å². The highest BCUT2D eigenvalue weighted by Gasteiger charge is 2.24. The predicted octanol–water partition coefficient (Wildman–Crippen LogP) is 1.02. The lowest BCUT2D eigenvalue weighted by Gasteiger charge is -2.18. The molecule has 0 spiro atoms. The van der Waals surface area contributed by atoms with Gasteiger partial charge < -0.3 is 31.3 Å². The number of aliphatic carboxylic acids is 3. The van der Waals surface area contributed by atoms with Crippen molar-refractivity contribution in [2.75, 3.05) is 6.54 Å². The van der Waals surface area contributed by atoms with Gasteiger partial charge in [-0.25, -0.2) is 14.4 Å². The molecule has 2 amide bonds. The molecule has 0 bridgehead atoms. The quantitative estimate of drug-likeness (QED) is 0.248. The van der Waals surface area contributed by atoms with Gasteiger partial charge in [-0.15, -0.1) is 0 Å². The second-order valence-electron chi connectivity index (χ2n) is 6.49. The highest BCUT2D eigenvalue weighted by Crippen LogP contribution is 2.03. The van der Waals surface area contributed by atoms with Crippen LogP contribution < -0.4 is 16.0 Å². The molecule has 0 saturated heterocycles. The van der Waals surface area contributed by atoms with Gasteiger partial charge in [-0.05, 0) is 37.8 Å². The second-order valence-corrected chi connectivity index (χ2v) is 6.49. The van der Waals surface area contributed by atoms with E-state index in [0.29, 0.717) is 25.9 Å². The van der Waals surface area contributed by atoms with Crippen molar-refractivity contribution < 1.29 is 34.5 Å². The summed E-state index contributed by atoms with van der Waals surface area (Å²) < 4.78 is 0. The van der Waals surface area contributed by atoms with Crippen LogP contribution in [0.5, 0.6) is 0 Å². The third-order valence-electron chi connectivity index (χ3n) is 4.12. The summed E-state index contributed by atoms with van der Waals surface area (Å²) in [4.78, 5) is 44.9. The molecule has 160 valence electrons. The number of carbonyl (C=O) groups is 4. The molecule has 29 heavy (non-hydrogen) atoms. The maximum Gasteiger partial charge on any atom is 0.326 e. The summed E-state index contributed by atoms with van der Waals surface area (Å²) in [6, 6.07) is 6.28. The highest BCUT2D eigenvalue weighted by atomic mass is 16.4. The van der Waals surface area contributed by atoms with Crippen LogP contribution in [0.3, 0.4) is 0 Å². The van der Waals surface area contributed by atoms with Crippen LogP contribution in [-0.4, -0.2) is 57.9 Å². The monoisotopic (exact) mass is 409 g/mol. The van der Waals surface area contributed by atoms with Crippen molar-refractivity contribution in [1.82, 2.24) is 16.0 Å². The van der Waals surface area contributed by atoms with Gasteiger partial charge in [0.2, 0.25) is 0 Å². The molecule has 0 aliphatic heterocycles. The number of hydrogen-bond acceptors (Lipinski definition) is 5. The number of hydrogen-bond donors (Lipinski definition) is 6. The minimum atomic E-state index is -1.41. The number of carbonyl (C=O) groups excluding carboxylic acids is 1. The Labute approximate surface area is 168 Å². The van der Waals surface area contributed by atoms with Gasteiger partial charge in [0.1, 0.15) is 12.1 Å². The van der Waals surface area contributed by atoms with Crippen molar-refractivity contribution in [2.24, 2.45) is 0 Å². The summed E-state index contributed by atoms with van der Waals surface area (Å²) >= 11 is 0. The van der Waals surface area contributed by atoms with Crippen molar-refractivity contribution in [3.05, 3.63) is 35.9 Å². The number of amides is 2. The molecule has 1 aromatic carbocycles. The number of nitrogens with one attached hydrogen (secondary N) is 3. The van der Waals surface area contributed by atoms with E-state index in [4.69, 9.17) is 10.2 Å². The molecule has 6 N–H and O–H groups in total. The lowest BCUT2D eigenvalue weighted by molar-refractivity contribution is -0.140. The Kier molecular flexibility index (Phi) is 10.8. The first-order chi connectivity index (χ1) is 13.8. The summed E-state index contributed by atoms with van der Waals surface area (Å²) in [6.07, 6.45) is 0.692. The molecule has 0 radical (unpaired) electrons. The van der Waals surface area contributed by atoms with Crippen molar-refractivity contribution >= 4 is 23.9 Å². The Morgan fingerprint density at radius 1 is 0.828 bits per heavy atom. The Morgan fingerprint density at radius 2 is 1.41 bits per heavy atom. The zero-order valence-electron chi connectivity index (χ0n) is 16.0. The molecule has 1 rings (SSSR count). The molecular weight excluding hydrogens is 382 g/mol. The summed E-state index contributed by atoms with van der Waals surface area (Å²) in [5, 5.41) is 34.5. The fraction of sp³-hybridized carbons (Fsp3) is 0.474. The maximum absolute atomic E-state index is 11.9. The van der Waals surface area contributed by atoms with Gasteiger partial charge in [0.15, 0.2) is 0 Å². The van der Waals surface area contributed by atoms with E-state index in [1.54, 1.807) is 0 Å². The highest BCUT2D eigenvalue weighted by molar-refractivity contribution is 5.86. The molecule has 0 aliphatic carbocycles. The summed E-state index contributed by atoms with van der Waals surface area (Å²) in [6.45, 7) is 1.39. The van der Waals surface area contributed by atoms with Crippen LogP contribution in [0.25, 0.3) is 0 Å². The van der Waals surface area contributed by atoms with Gasteiger partial charge in [-0.2, -0.15) is 0 Å². The van der Waals surface area contributed by atoms with Gasteiger partial charge in [0.05, 0.1) is 0 Å². The molecule has 0 heterocycles. The van der Waals surface area contributed by atoms with Gasteiger partial charge in [0.25, 0.3) is 0 Å². The Bertz CT molecular complexity index is 682. The van der Waals surface area contributed by atoms with E-state index in [2.05, 4.69) is 16.0 Å². The summed E-state index contributed by atoms with van der Waals surface area (Å²) in [5.74, 6) is -3.81. The molecule has 10 nitrogen and oxygen atoms in total. The molecule has 0 aromatic heterocycles. The SMILES string of the molecule is O=C(O)CC[C@H](NC(=O)N[C@@H](CCCCNCc1ccccc1)C(=O)O)C(=O)O. The van der Waals surface area contributed by atoms with Crippen LogP contribution in [0.1, 0.15) is 37.7 Å². The van der Waals surface area contributed by atoms with Crippen molar-refractivity contribution in [3.63, 3.8) is 0 Å². The van der Waals surface area contributed by atoms with Crippen LogP contribution in [0, 0.1) is 0 Å². The van der Waals surface area contributed by atoms with Crippen molar-refractivity contribution in [1.29, 1.82) is 0 Å². The number of unbranched alkanes of at least 4 members (excludes halogenated alkanes) is 1. The molecule has 0 aliphatic rings. The first kappa shape index (κ1) is 23.9. The number of carboxylic acid groups (broad SMARTS) is 3. The summed E-state index contributed by atoms with van der Waals surface area (Å²) in [5.41, 5.74) is 1.14. The molecular formula is C19H27N3O7. The lowest BCUT2D eigenvalue weighted by Crippen LogP contribution is -2.51. The second kappa shape index (κ2) is 13.1. The van der Waals surface area contributed by atoms with E-state index in [9.17, 15) is 24.3 Å². The Balaban J connectivity index is 2.33. The van der Waals surface area contributed by atoms with E-state index < -0.39 is 42.4 Å². The average Bonchev–Trinajstić information content (AvgIpc) is 2.67. The molecule has 10 heteroatoms. The van der Waals surface area contributed by atoms with Crippen LogP contribution >= 0.6 is 0 Å². The van der Waals surface area contributed by atoms with Crippen LogP contribution in [0.15, 0.2) is 30.3 Å². The molecule has 0 unspecified atom stereocenters. The minimum Gasteiger partial charge on any atom is -0.481 e. The zero-order valence-corrected chi connectivity index (χ0v) is 16.0. The Morgan fingerprint density at radius 3 is 1.97 bits per heavy atom. The first-order valence-electron chi connectivity index (χ1n) is 9.28.